The van der Waals surface area contributed by atoms with Crippen molar-refractivity contribution in [2.24, 2.45) is 0 Å². The number of hydrogen-bond acceptors (Lipinski definition) is 7. The van der Waals surface area contributed by atoms with Gasteiger partial charge in [-0.2, -0.15) is 0 Å². The lowest BCUT2D eigenvalue weighted by Gasteiger charge is -2.00. The summed E-state index contributed by atoms with van der Waals surface area (Å²) in [7, 11) is 0. The predicted molar refractivity (Wildman–Crippen MR) is 75.2 cm³/mol. The molecule has 0 aromatic carbocycles. The van der Waals surface area contributed by atoms with E-state index in [0.29, 0.717) is 19.6 Å². The third kappa shape index (κ3) is 6.02. The molecule has 1 N–H and O–H groups in total. The van der Waals surface area contributed by atoms with Gasteiger partial charge >= 0.3 is 5.97 Å². The first-order chi connectivity index (χ1) is 8.76. The maximum Gasteiger partial charge on any atom is 0.305 e. The highest BCUT2D eigenvalue weighted by atomic mass is 32.2. The lowest BCUT2D eigenvalue weighted by Crippen LogP contribution is -2.03. The van der Waals surface area contributed by atoms with Crippen LogP contribution < -0.4 is 5.32 Å². The molecule has 0 amide bonds. The first-order valence-corrected chi connectivity index (χ1v) is 7.53. The zero-order valence-electron chi connectivity index (χ0n) is 10.3. The van der Waals surface area contributed by atoms with Crippen molar-refractivity contribution in [3.63, 3.8) is 0 Å². The van der Waals surface area contributed by atoms with E-state index in [4.69, 9.17) is 4.74 Å². The van der Waals surface area contributed by atoms with Gasteiger partial charge in [0.2, 0.25) is 5.13 Å². The molecule has 0 saturated carbocycles. The number of esters is 1. The summed E-state index contributed by atoms with van der Waals surface area (Å²) in [5.74, 6) is 0.707. The van der Waals surface area contributed by atoms with Crippen LogP contribution in [0.4, 0.5) is 5.13 Å². The van der Waals surface area contributed by atoms with Crippen LogP contribution in [0.1, 0.15) is 19.8 Å². The maximum atomic E-state index is 11.1. The minimum Gasteiger partial charge on any atom is -0.466 e. The molecule has 18 heavy (non-hydrogen) atoms. The molecule has 0 radical (unpaired) electrons. The number of ether oxygens (including phenoxy) is 1. The van der Waals surface area contributed by atoms with Gasteiger partial charge in [0.15, 0.2) is 4.34 Å². The average molecular weight is 287 g/mol. The first kappa shape index (κ1) is 15.0. The summed E-state index contributed by atoms with van der Waals surface area (Å²) < 4.78 is 5.76. The molecule has 1 aromatic rings. The summed E-state index contributed by atoms with van der Waals surface area (Å²) in [6.45, 7) is 6.56. The van der Waals surface area contributed by atoms with Crippen LogP contribution in [0.2, 0.25) is 0 Å². The second-order valence-corrected chi connectivity index (χ2v) is 5.62. The van der Waals surface area contributed by atoms with Crippen molar-refractivity contribution in [2.75, 3.05) is 24.2 Å². The van der Waals surface area contributed by atoms with Gasteiger partial charge in [0, 0.05) is 18.7 Å². The number of aromatic nitrogens is 2. The lowest BCUT2D eigenvalue weighted by atomic mass is 10.3. The van der Waals surface area contributed by atoms with Gasteiger partial charge in [0.1, 0.15) is 0 Å². The Morgan fingerprint density at radius 2 is 2.44 bits per heavy atom. The Labute approximate surface area is 115 Å². The van der Waals surface area contributed by atoms with E-state index < -0.39 is 0 Å². The van der Waals surface area contributed by atoms with Gasteiger partial charge in [0.05, 0.1) is 6.61 Å². The molecule has 0 aliphatic carbocycles. The van der Waals surface area contributed by atoms with E-state index in [9.17, 15) is 4.79 Å². The number of thioether (sulfide) groups is 1. The molecule has 0 spiro atoms. The molecule has 0 aliphatic heterocycles. The number of nitrogens with one attached hydrogen (secondary N) is 1. The Hall–Kier alpha value is -1.08. The van der Waals surface area contributed by atoms with Crippen molar-refractivity contribution in [1.29, 1.82) is 0 Å². The summed E-state index contributed by atoms with van der Waals surface area (Å²) >= 11 is 3.11. The van der Waals surface area contributed by atoms with E-state index >= 15 is 0 Å². The summed E-state index contributed by atoms with van der Waals surface area (Å²) in [6, 6.07) is 0. The van der Waals surface area contributed by atoms with Crippen LogP contribution in [0, 0.1) is 0 Å². The summed E-state index contributed by atoms with van der Waals surface area (Å²) in [5.41, 5.74) is 0. The molecule has 1 heterocycles. The number of carbonyl (C=O) groups excluding carboxylic acids is 1. The molecule has 0 fully saturated rings. The van der Waals surface area contributed by atoms with Crippen LogP contribution in [-0.4, -0.2) is 35.1 Å². The highest BCUT2D eigenvalue weighted by molar-refractivity contribution is 8.01. The van der Waals surface area contributed by atoms with E-state index in [2.05, 4.69) is 22.1 Å². The van der Waals surface area contributed by atoms with Gasteiger partial charge < -0.3 is 10.1 Å². The topological polar surface area (TPSA) is 64.1 Å². The van der Waals surface area contributed by atoms with E-state index in [1.807, 2.05) is 6.92 Å². The van der Waals surface area contributed by atoms with Crippen molar-refractivity contribution in [3.05, 3.63) is 12.7 Å². The molecule has 0 bridgehead atoms. The van der Waals surface area contributed by atoms with Crippen molar-refractivity contribution >= 4 is 34.2 Å². The molecule has 7 heteroatoms. The zero-order valence-corrected chi connectivity index (χ0v) is 12.0. The van der Waals surface area contributed by atoms with Gasteiger partial charge in [-0.25, -0.2) is 0 Å². The summed E-state index contributed by atoms with van der Waals surface area (Å²) in [5, 5.41) is 11.9. The van der Waals surface area contributed by atoms with E-state index in [0.717, 1.165) is 21.6 Å². The minimum absolute atomic E-state index is 0.135. The lowest BCUT2D eigenvalue weighted by molar-refractivity contribution is -0.143. The fourth-order valence-corrected chi connectivity index (χ4v) is 2.88. The smallest absolute Gasteiger partial charge is 0.305 e. The average Bonchev–Trinajstić information content (AvgIpc) is 2.80. The third-order valence-electron chi connectivity index (χ3n) is 1.86. The zero-order chi connectivity index (χ0) is 13.2. The number of carbonyl (C=O) groups is 1. The van der Waals surface area contributed by atoms with Crippen LogP contribution in [-0.2, 0) is 9.53 Å². The number of nitrogens with zero attached hydrogens (tertiary/aromatic N) is 2. The summed E-state index contributed by atoms with van der Waals surface area (Å²) in [4.78, 5) is 11.1. The standard InChI is InChI=1S/C11H17N3O2S2/c1-3-7-12-10-13-14-11(18-10)17-8-5-6-9(15)16-4-2/h3H,1,4-8H2,2H3,(H,12,13). The molecule has 0 aliphatic rings. The van der Waals surface area contributed by atoms with E-state index in [-0.39, 0.29) is 5.97 Å². The van der Waals surface area contributed by atoms with Gasteiger partial charge in [-0.15, -0.1) is 16.8 Å². The van der Waals surface area contributed by atoms with Crippen LogP contribution in [0.3, 0.4) is 0 Å². The normalized spacial score (nSPS) is 10.1. The largest absolute Gasteiger partial charge is 0.466 e. The Kier molecular flexibility index (Phi) is 7.43. The second kappa shape index (κ2) is 8.93. The Morgan fingerprint density at radius 3 is 3.17 bits per heavy atom. The van der Waals surface area contributed by atoms with Gasteiger partial charge in [-0.05, 0) is 13.3 Å². The van der Waals surface area contributed by atoms with Crippen molar-refractivity contribution in [3.8, 4) is 0 Å². The van der Waals surface area contributed by atoms with Gasteiger partial charge in [-0.3, -0.25) is 4.79 Å². The summed E-state index contributed by atoms with van der Waals surface area (Å²) in [6.07, 6.45) is 3.02. The monoisotopic (exact) mass is 287 g/mol. The van der Waals surface area contributed by atoms with Gasteiger partial charge in [-0.1, -0.05) is 29.2 Å². The fraction of sp³-hybridized carbons (Fsp3) is 0.545. The highest BCUT2D eigenvalue weighted by Crippen LogP contribution is 2.26. The van der Waals surface area contributed by atoms with Crippen molar-refractivity contribution < 1.29 is 9.53 Å². The Morgan fingerprint density at radius 1 is 1.61 bits per heavy atom. The number of anilines is 1. The SMILES string of the molecule is C=CCNc1nnc(SCCCC(=O)OCC)s1. The molecule has 100 valence electrons. The Bertz CT molecular complexity index is 382. The molecule has 0 saturated heterocycles. The van der Waals surface area contributed by atoms with Crippen molar-refractivity contribution in [1.82, 2.24) is 10.2 Å². The van der Waals surface area contributed by atoms with E-state index in [1.165, 1.54) is 11.3 Å². The van der Waals surface area contributed by atoms with Crippen LogP contribution in [0.15, 0.2) is 17.0 Å². The predicted octanol–water partition coefficient (Wildman–Crippen LogP) is 2.57. The molecule has 1 aromatic heterocycles. The maximum absolute atomic E-state index is 11.1. The second-order valence-electron chi connectivity index (χ2n) is 3.30. The van der Waals surface area contributed by atoms with Crippen LogP contribution in [0.25, 0.3) is 0 Å². The molecular formula is C11H17N3O2S2. The number of rotatable bonds is 9. The van der Waals surface area contributed by atoms with Crippen LogP contribution in [0.5, 0.6) is 0 Å². The van der Waals surface area contributed by atoms with Gasteiger partial charge in [0.25, 0.3) is 0 Å². The molecule has 5 nitrogen and oxygen atoms in total. The first-order valence-electron chi connectivity index (χ1n) is 5.73. The minimum atomic E-state index is -0.135. The fourth-order valence-electron chi connectivity index (χ4n) is 1.11. The molecule has 0 atom stereocenters. The Balaban J connectivity index is 2.17. The highest BCUT2D eigenvalue weighted by Gasteiger charge is 2.05. The van der Waals surface area contributed by atoms with E-state index in [1.54, 1.807) is 17.8 Å². The molecule has 1 rings (SSSR count). The molecule has 0 unspecified atom stereocenters. The molecular weight excluding hydrogens is 270 g/mol. The van der Waals surface area contributed by atoms with Crippen LogP contribution >= 0.6 is 23.1 Å². The van der Waals surface area contributed by atoms with Crippen molar-refractivity contribution in [2.45, 2.75) is 24.1 Å². The number of hydrogen-bond donors (Lipinski definition) is 1. The third-order valence-corrected chi connectivity index (χ3v) is 3.96. The quantitative estimate of drug-likeness (QED) is 0.326.